The number of hydrogen-bond donors (Lipinski definition) is 9. The van der Waals surface area contributed by atoms with E-state index in [0.717, 1.165) is 50.4 Å². The molecule has 1 saturated heterocycles. The molecule has 88 heavy (non-hydrogen) atoms. The van der Waals surface area contributed by atoms with Crippen LogP contribution >= 0.6 is 18.9 Å². The van der Waals surface area contributed by atoms with Gasteiger partial charge in [-0.05, 0) is 128 Å². The molecule has 9 rings (SSSR count). The minimum atomic E-state index is -5.06. The van der Waals surface area contributed by atoms with Crippen LogP contribution in [0, 0.1) is 19.3 Å². The Labute approximate surface area is 513 Å². The van der Waals surface area contributed by atoms with Crippen LogP contribution in [0.3, 0.4) is 0 Å². The predicted octanol–water partition coefficient (Wildman–Crippen LogP) is 6.53. The fraction of sp³-hybridized carbons (Fsp3) is 0.422. The third-order valence-corrected chi connectivity index (χ3v) is 18.5. The fourth-order valence-electron chi connectivity index (χ4n) is 11.9. The van der Waals surface area contributed by atoms with Crippen molar-refractivity contribution >= 4 is 82.4 Å². The molecular formula is C64H76N9O13PS. The zero-order valence-corrected chi connectivity index (χ0v) is 51.8. The monoisotopic (exact) mass is 1240 g/mol. The number of nitrogens with one attached hydrogen (secondary N) is 5. The van der Waals surface area contributed by atoms with Gasteiger partial charge in [-0.1, -0.05) is 81.8 Å². The molecular weight excluding hydrogens is 1170 g/mol. The smallest absolute Gasteiger partial charge is 0.396 e. The van der Waals surface area contributed by atoms with E-state index in [4.69, 9.17) is 10.5 Å². The number of benzene rings is 4. The first-order valence-electron chi connectivity index (χ1n) is 29.6. The molecule has 0 spiro atoms. The quantitative estimate of drug-likeness (QED) is 0.0230. The Hall–Kier alpha value is -8.08. The number of ether oxygens (including phenoxy) is 1. The number of aromatic amines is 1. The van der Waals surface area contributed by atoms with E-state index in [1.165, 1.54) is 34.1 Å². The summed E-state index contributed by atoms with van der Waals surface area (Å²) in [5.41, 5.74) is 12.5. The predicted molar refractivity (Wildman–Crippen MR) is 331 cm³/mol. The summed E-state index contributed by atoms with van der Waals surface area (Å²) in [6.07, 6.45) is 2.83. The summed E-state index contributed by atoms with van der Waals surface area (Å²) in [6, 6.07) is 19.4. The molecule has 2 aromatic heterocycles. The molecule has 0 aliphatic carbocycles. The topological polar surface area (TPSA) is 333 Å². The highest BCUT2D eigenvalue weighted by Gasteiger charge is 2.46. The number of fused-ring (bicyclic) bond motifs is 1. The number of primary amides is 1. The third kappa shape index (κ3) is 14.9. The number of hydrogen-bond acceptors (Lipinski definition) is 13. The van der Waals surface area contributed by atoms with E-state index >= 15 is 0 Å². The van der Waals surface area contributed by atoms with Gasteiger partial charge in [-0.2, -0.15) is 0 Å². The maximum atomic E-state index is 14.6. The second kappa shape index (κ2) is 27.1. The number of thiazole rings is 1. The van der Waals surface area contributed by atoms with Crippen molar-refractivity contribution in [3.63, 3.8) is 0 Å². The van der Waals surface area contributed by atoms with E-state index in [9.17, 15) is 57.8 Å². The van der Waals surface area contributed by atoms with Gasteiger partial charge in [0.1, 0.15) is 42.2 Å². The van der Waals surface area contributed by atoms with Crippen LogP contribution in [0.25, 0.3) is 21.3 Å². The van der Waals surface area contributed by atoms with Crippen LogP contribution in [-0.2, 0) is 52.6 Å². The van der Waals surface area contributed by atoms with Gasteiger partial charge in [-0.15, -0.1) is 11.3 Å². The summed E-state index contributed by atoms with van der Waals surface area (Å²) in [4.78, 5) is 139. The normalized spacial score (nSPS) is 18.4. The second-order valence-corrected chi connectivity index (χ2v) is 26.6. The van der Waals surface area contributed by atoms with Gasteiger partial charge >= 0.3 is 7.60 Å². The first-order chi connectivity index (χ1) is 41.7. The summed E-state index contributed by atoms with van der Waals surface area (Å²) in [6.45, 7) is 11.2. The summed E-state index contributed by atoms with van der Waals surface area (Å²) >= 11 is 1.56. The second-order valence-electron chi connectivity index (χ2n) is 24.3. The molecule has 22 nitrogen and oxygen atoms in total. The van der Waals surface area contributed by atoms with Crippen molar-refractivity contribution in [1.29, 1.82) is 0 Å². The number of nitrogens with zero attached hydrogens (tertiary/aromatic N) is 3. The van der Waals surface area contributed by atoms with E-state index in [2.05, 4.69) is 31.2 Å². The number of aromatic nitrogens is 2. The molecule has 0 bridgehead atoms. The van der Waals surface area contributed by atoms with Crippen LogP contribution in [0.5, 0.6) is 5.75 Å². The average Bonchev–Trinajstić information content (AvgIpc) is 1.84. The van der Waals surface area contributed by atoms with Crippen molar-refractivity contribution in [1.82, 2.24) is 36.1 Å². The molecule has 466 valence electrons. The SMILES string of the molecule is Cc1ncsc1-c1ccc([C@H](C)NC(=O)[C@@H]2C[C@@H](O)CN2C(=O)[C@@H](NC(=O)CCCCCc2cccc(OC[C@H](CCC(N)=O)NC(=O)[C@@H]3Cc4cccc5c4N3C(=O)[C@@H](NC(=O)c3cc4cc(C(=O)P(=O)(O)O)ccc4[nH]3)CC5)c2C)C(C)(C)C)cc1. The largest absolute Gasteiger partial charge is 0.491 e. The van der Waals surface area contributed by atoms with Gasteiger partial charge in [0.2, 0.25) is 35.4 Å². The highest BCUT2D eigenvalue weighted by Crippen LogP contribution is 2.41. The van der Waals surface area contributed by atoms with Gasteiger partial charge < -0.3 is 56.5 Å². The molecule has 10 N–H and O–H groups in total. The van der Waals surface area contributed by atoms with E-state index in [1.807, 2.05) is 102 Å². The van der Waals surface area contributed by atoms with Crippen molar-refractivity contribution in [2.24, 2.45) is 11.1 Å². The van der Waals surface area contributed by atoms with Gasteiger partial charge in [0.25, 0.3) is 11.4 Å². The number of para-hydroxylation sites is 1. The van der Waals surface area contributed by atoms with Gasteiger partial charge in [0, 0.05) is 48.7 Å². The molecule has 0 saturated carbocycles. The number of nitrogens with two attached hydrogens (primary N) is 1. The Balaban J connectivity index is 0.769. The lowest BCUT2D eigenvalue weighted by atomic mass is 9.85. The highest BCUT2D eigenvalue weighted by atomic mass is 32.1. The van der Waals surface area contributed by atoms with Crippen molar-refractivity contribution in [3.8, 4) is 16.2 Å². The van der Waals surface area contributed by atoms with Gasteiger partial charge in [0.05, 0.1) is 40.0 Å². The molecule has 6 aromatic rings. The first kappa shape index (κ1) is 64.4. The Morgan fingerprint density at radius 1 is 0.886 bits per heavy atom. The summed E-state index contributed by atoms with van der Waals surface area (Å²) in [5.74, 6) is -2.80. The molecule has 4 aromatic carbocycles. The molecule has 3 aliphatic rings. The number of carbonyl (C=O) groups is 8. The van der Waals surface area contributed by atoms with E-state index in [1.54, 1.807) is 16.8 Å². The lowest BCUT2D eigenvalue weighted by Crippen LogP contribution is -2.57. The Morgan fingerprint density at radius 2 is 1.61 bits per heavy atom. The van der Waals surface area contributed by atoms with Crippen LogP contribution in [0.15, 0.2) is 90.4 Å². The molecule has 0 radical (unpaired) electrons. The molecule has 1 fully saturated rings. The molecule has 5 heterocycles. The zero-order chi connectivity index (χ0) is 63.4. The van der Waals surface area contributed by atoms with E-state index < -0.39 is 84.4 Å². The van der Waals surface area contributed by atoms with Crippen molar-refractivity contribution < 1.29 is 62.6 Å². The number of aliphatic hydroxyl groups excluding tert-OH is 1. The number of carbonyl (C=O) groups excluding carboxylic acids is 8. The van der Waals surface area contributed by atoms with Crippen LogP contribution < -0.4 is 36.6 Å². The van der Waals surface area contributed by atoms with Crippen LogP contribution in [0.2, 0.25) is 0 Å². The lowest BCUT2D eigenvalue weighted by Gasteiger charge is -2.35. The molecule has 7 amide bonds. The maximum Gasteiger partial charge on any atom is 0.396 e. The summed E-state index contributed by atoms with van der Waals surface area (Å²) < 4.78 is 18.0. The standard InChI is InChI=1S/C64H76N9O13PS/c1-35-38(12-8-7-9-17-54(76)71-57(64(4,5)6)62(81)72-32-46(74)31-50(72)59(78)67-36(2)39-18-20-41(21-19-39)56-37(3)66-34-88-56)13-11-16-52(35)86-33-45(24-27-53(65)75)68-60(79)51-30-42-15-10-14-40-22-26-48(61(80)73(51)55(40)42)70-58(77)49-29-44-28-43(23-25-47(44)69-49)63(82)87(83,84)85/h10-11,13-16,18-21,23,25,28-29,34,36,45-46,48,50-51,57,69,74H,7-9,12,17,22,24,26-27,30-33H2,1-6H3,(H2,65,75)(H,67,78)(H,68,79)(H,70,77)(H,71,76)(H2,83,84,85)/t36-,45-,46+,48-,50-,51-,57+/m0/s1. The van der Waals surface area contributed by atoms with Crippen LogP contribution in [0.4, 0.5) is 5.69 Å². The Bertz CT molecular complexity index is 3700. The van der Waals surface area contributed by atoms with Crippen LogP contribution in [-0.4, -0.2) is 126 Å². The number of β-amino-alcohol motifs (C(OH)–C–C–N with tert-alkyl or cyclic N) is 1. The number of aliphatic hydroxyl groups is 1. The van der Waals surface area contributed by atoms with E-state index in [-0.39, 0.29) is 80.8 Å². The van der Waals surface area contributed by atoms with Crippen molar-refractivity contribution in [2.75, 3.05) is 18.1 Å². The first-order valence-corrected chi connectivity index (χ1v) is 32.1. The summed E-state index contributed by atoms with van der Waals surface area (Å²) in [5, 5.41) is 22.9. The Morgan fingerprint density at radius 3 is 2.32 bits per heavy atom. The molecule has 0 unspecified atom stereocenters. The highest BCUT2D eigenvalue weighted by molar-refractivity contribution is 7.70. The van der Waals surface area contributed by atoms with Gasteiger partial charge in [-0.3, -0.25) is 47.8 Å². The fourth-order valence-corrected chi connectivity index (χ4v) is 13.2. The number of aryl methyl sites for hydroxylation is 3. The average molecular weight is 1240 g/mol. The molecule has 7 atom stereocenters. The molecule has 3 aliphatic heterocycles. The number of unbranched alkanes of at least 4 members (excludes halogenated alkanes) is 2. The van der Waals surface area contributed by atoms with Gasteiger partial charge in [-0.25, -0.2) is 4.98 Å². The zero-order valence-electron chi connectivity index (χ0n) is 50.1. The van der Waals surface area contributed by atoms with Crippen LogP contribution in [0.1, 0.15) is 139 Å². The number of rotatable bonds is 24. The van der Waals surface area contributed by atoms with E-state index in [0.29, 0.717) is 48.0 Å². The summed E-state index contributed by atoms with van der Waals surface area (Å²) in [7, 11) is -5.06. The number of amides is 7. The number of likely N-dealkylation sites (tertiary alicyclic amines) is 1. The Kier molecular flexibility index (Phi) is 19.8. The van der Waals surface area contributed by atoms with Crippen molar-refractivity contribution in [2.45, 2.75) is 155 Å². The minimum absolute atomic E-state index is 0.0344. The van der Waals surface area contributed by atoms with Gasteiger partial charge in [0.15, 0.2) is 0 Å². The number of H-pyrrole nitrogens is 1. The maximum absolute atomic E-state index is 14.6. The van der Waals surface area contributed by atoms with Crippen molar-refractivity contribution in [3.05, 3.63) is 135 Å². The minimum Gasteiger partial charge on any atom is -0.491 e. The number of anilines is 1. The molecule has 24 heteroatoms. The third-order valence-electron chi connectivity index (χ3n) is 16.7. The lowest BCUT2D eigenvalue weighted by molar-refractivity contribution is -0.144.